The van der Waals surface area contributed by atoms with Gasteiger partial charge in [-0.1, -0.05) is 0 Å². The average molecular weight is 303 g/mol. The number of ether oxygens (including phenoxy) is 2. The normalized spacial score (nSPS) is 18.4. The average Bonchev–Trinajstić information content (AvgIpc) is 2.82. The number of hydrogen-bond acceptors (Lipinski definition) is 8. The number of hydrogen-bond donors (Lipinski definition) is 0. The van der Waals surface area contributed by atoms with Gasteiger partial charge < -0.3 is 9.47 Å². The van der Waals surface area contributed by atoms with Gasteiger partial charge in [-0.3, -0.25) is 14.3 Å². The van der Waals surface area contributed by atoms with E-state index in [1.54, 1.807) is 0 Å². The van der Waals surface area contributed by atoms with E-state index in [0.717, 1.165) is 24.3 Å². The summed E-state index contributed by atoms with van der Waals surface area (Å²) in [6.07, 6.45) is -1.68. The standard InChI is InChI=1S/C10H9NO8S/c12-10-17-5-8(19-10)6-18-20(15,16)9-3-1-7(2-4-9)11(13)14/h1-4,8H,5-6H2/t8-/m0/s1. The number of nitro groups is 1. The van der Waals surface area contributed by atoms with E-state index in [1.807, 2.05) is 0 Å². The highest BCUT2D eigenvalue weighted by molar-refractivity contribution is 7.86. The molecule has 1 atom stereocenters. The maximum Gasteiger partial charge on any atom is 0.508 e. The quantitative estimate of drug-likeness (QED) is 0.339. The van der Waals surface area contributed by atoms with E-state index in [0.29, 0.717) is 0 Å². The zero-order valence-electron chi connectivity index (χ0n) is 9.92. The van der Waals surface area contributed by atoms with Crippen LogP contribution in [0.3, 0.4) is 0 Å². The Kier molecular flexibility index (Phi) is 3.86. The van der Waals surface area contributed by atoms with Gasteiger partial charge in [-0.05, 0) is 12.1 Å². The lowest BCUT2D eigenvalue weighted by Gasteiger charge is -2.08. The molecule has 10 heteroatoms. The molecule has 1 aliphatic heterocycles. The molecular weight excluding hydrogens is 294 g/mol. The minimum Gasteiger partial charge on any atom is -0.430 e. The highest BCUT2D eigenvalue weighted by atomic mass is 32.2. The third-order valence-electron chi connectivity index (χ3n) is 2.40. The van der Waals surface area contributed by atoms with Crippen LogP contribution >= 0.6 is 0 Å². The lowest BCUT2D eigenvalue weighted by atomic mass is 10.3. The molecule has 20 heavy (non-hydrogen) atoms. The highest BCUT2D eigenvalue weighted by Crippen LogP contribution is 2.18. The summed E-state index contributed by atoms with van der Waals surface area (Å²) in [4.78, 5) is 20.2. The van der Waals surface area contributed by atoms with Gasteiger partial charge in [-0.25, -0.2) is 4.79 Å². The van der Waals surface area contributed by atoms with Gasteiger partial charge in [0, 0.05) is 12.1 Å². The molecule has 1 aliphatic rings. The van der Waals surface area contributed by atoms with E-state index in [-0.39, 0.29) is 23.8 Å². The number of carbonyl (C=O) groups excluding carboxylic acids is 1. The number of nitrogens with zero attached hydrogens (tertiary/aromatic N) is 1. The highest BCUT2D eigenvalue weighted by Gasteiger charge is 2.28. The van der Waals surface area contributed by atoms with E-state index >= 15 is 0 Å². The van der Waals surface area contributed by atoms with Gasteiger partial charge in [-0.2, -0.15) is 8.42 Å². The van der Waals surface area contributed by atoms with Crippen LogP contribution in [0.25, 0.3) is 0 Å². The van der Waals surface area contributed by atoms with Crippen molar-refractivity contribution in [1.82, 2.24) is 0 Å². The number of benzene rings is 1. The second-order valence-corrected chi connectivity index (χ2v) is 5.41. The molecule has 0 spiro atoms. The fraction of sp³-hybridized carbons (Fsp3) is 0.300. The van der Waals surface area contributed by atoms with Gasteiger partial charge in [0.1, 0.15) is 13.2 Å². The molecule has 0 amide bonds. The lowest BCUT2D eigenvalue weighted by molar-refractivity contribution is -0.384. The summed E-state index contributed by atoms with van der Waals surface area (Å²) < 4.78 is 37.3. The van der Waals surface area contributed by atoms with Crippen LogP contribution in [0.15, 0.2) is 29.2 Å². The van der Waals surface area contributed by atoms with Crippen LogP contribution in [-0.4, -0.2) is 38.8 Å². The summed E-state index contributed by atoms with van der Waals surface area (Å²) in [5.74, 6) is 0. The smallest absolute Gasteiger partial charge is 0.430 e. The minimum atomic E-state index is -4.08. The van der Waals surface area contributed by atoms with Crippen molar-refractivity contribution in [1.29, 1.82) is 0 Å². The topological polar surface area (TPSA) is 122 Å². The van der Waals surface area contributed by atoms with Crippen molar-refractivity contribution in [2.75, 3.05) is 13.2 Å². The van der Waals surface area contributed by atoms with Crippen LogP contribution in [0.4, 0.5) is 10.5 Å². The van der Waals surface area contributed by atoms with Crippen molar-refractivity contribution in [3.05, 3.63) is 34.4 Å². The van der Waals surface area contributed by atoms with Crippen LogP contribution in [0, 0.1) is 10.1 Å². The summed E-state index contributed by atoms with van der Waals surface area (Å²) in [7, 11) is -4.08. The van der Waals surface area contributed by atoms with Crippen molar-refractivity contribution >= 4 is 22.0 Å². The number of rotatable bonds is 5. The molecule has 1 saturated heterocycles. The summed E-state index contributed by atoms with van der Waals surface area (Å²) in [6.45, 7) is -0.473. The molecule has 108 valence electrons. The van der Waals surface area contributed by atoms with E-state index in [9.17, 15) is 23.3 Å². The Bertz CT molecular complexity index is 623. The van der Waals surface area contributed by atoms with Crippen molar-refractivity contribution in [2.45, 2.75) is 11.0 Å². The molecule has 0 aliphatic carbocycles. The summed E-state index contributed by atoms with van der Waals surface area (Å²) in [6, 6.07) is 4.22. The molecule has 0 N–H and O–H groups in total. The summed E-state index contributed by atoms with van der Waals surface area (Å²) >= 11 is 0. The lowest BCUT2D eigenvalue weighted by Crippen LogP contribution is -2.21. The van der Waals surface area contributed by atoms with Crippen LogP contribution in [0.2, 0.25) is 0 Å². The zero-order chi connectivity index (χ0) is 14.8. The molecule has 0 saturated carbocycles. The minimum absolute atomic E-state index is 0.0887. The Hall–Kier alpha value is -2.20. The number of cyclic esters (lactones) is 2. The fourth-order valence-corrected chi connectivity index (χ4v) is 2.35. The first-order valence-electron chi connectivity index (χ1n) is 5.36. The molecule has 1 aromatic rings. The second kappa shape index (κ2) is 5.43. The maximum atomic E-state index is 11.8. The van der Waals surface area contributed by atoms with Crippen molar-refractivity contribution in [2.24, 2.45) is 0 Å². The Balaban J connectivity index is 2.02. The Morgan fingerprint density at radius 2 is 2.00 bits per heavy atom. The van der Waals surface area contributed by atoms with Gasteiger partial charge in [0.25, 0.3) is 15.8 Å². The van der Waals surface area contributed by atoms with E-state index < -0.39 is 27.3 Å². The molecule has 1 heterocycles. The van der Waals surface area contributed by atoms with Crippen LogP contribution in [0.5, 0.6) is 0 Å². The summed E-state index contributed by atoms with van der Waals surface area (Å²) in [5.41, 5.74) is -0.234. The first kappa shape index (κ1) is 14.2. The van der Waals surface area contributed by atoms with Crippen molar-refractivity contribution < 1.29 is 31.8 Å². The van der Waals surface area contributed by atoms with Crippen molar-refractivity contribution in [3.63, 3.8) is 0 Å². The monoisotopic (exact) mass is 303 g/mol. The van der Waals surface area contributed by atoms with Crippen LogP contribution in [0.1, 0.15) is 0 Å². The molecule has 0 aromatic heterocycles. The van der Waals surface area contributed by atoms with Gasteiger partial charge >= 0.3 is 6.16 Å². The predicted octanol–water partition coefficient (Wildman–Crippen LogP) is 0.836. The number of carbonyl (C=O) groups is 1. The maximum absolute atomic E-state index is 11.8. The van der Waals surface area contributed by atoms with E-state index in [2.05, 4.69) is 9.47 Å². The summed E-state index contributed by atoms with van der Waals surface area (Å²) in [5, 5.41) is 10.5. The Morgan fingerprint density at radius 1 is 1.35 bits per heavy atom. The molecular formula is C10H9NO8S. The third kappa shape index (κ3) is 3.22. The molecule has 2 rings (SSSR count). The number of nitro benzene ring substituents is 1. The number of non-ortho nitro benzene ring substituents is 1. The zero-order valence-corrected chi connectivity index (χ0v) is 10.7. The van der Waals surface area contributed by atoms with Gasteiger partial charge in [0.05, 0.1) is 9.82 Å². The second-order valence-electron chi connectivity index (χ2n) is 3.79. The Morgan fingerprint density at radius 3 is 2.50 bits per heavy atom. The first-order valence-corrected chi connectivity index (χ1v) is 6.76. The van der Waals surface area contributed by atoms with Crippen molar-refractivity contribution in [3.8, 4) is 0 Å². The van der Waals surface area contributed by atoms with E-state index in [1.165, 1.54) is 0 Å². The first-order chi connectivity index (χ1) is 9.38. The largest absolute Gasteiger partial charge is 0.508 e. The Labute approximate surface area is 113 Å². The molecule has 9 nitrogen and oxygen atoms in total. The van der Waals surface area contributed by atoms with Gasteiger partial charge in [-0.15, -0.1) is 0 Å². The van der Waals surface area contributed by atoms with Gasteiger partial charge in [0.15, 0.2) is 6.10 Å². The molecule has 1 aromatic carbocycles. The van der Waals surface area contributed by atoms with Crippen LogP contribution in [-0.2, 0) is 23.8 Å². The van der Waals surface area contributed by atoms with Crippen LogP contribution < -0.4 is 0 Å². The third-order valence-corrected chi connectivity index (χ3v) is 3.69. The molecule has 1 fully saturated rings. The molecule has 0 radical (unpaired) electrons. The van der Waals surface area contributed by atoms with E-state index in [4.69, 9.17) is 4.18 Å². The van der Waals surface area contributed by atoms with Gasteiger partial charge in [0.2, 0.25) is 0 Å². The fourth-order valence-electron chi connectivity index (χ4n) is 1.42. The molecule has 0 bridgehead atoms. The SMILES string of the molecule is O=C1OC[C@@H](COS(=O)(=O)c2ccc([N+](=O)[O-])cc2)O1. The predicted molar refractivity (Wildman–Crippen MR) is 62.5 cm³/mol. The molecule has 0 unspecified atom stereocenters.